The molecule has 2 amide bonds. The molecule has 0 saturated carbocycles. The lowest BCUT2D eigenvalue weighted by molar-refractivity contribution is -0.111. The Morgan fingerprint density at radius 3 is 2.61 bits per heavy atom. The van der Waals surface area contributed by atoms with Crippen molar-refractivity contribution >= 4 is 34.5 Å². The van der Waals surface area contributed by atoms with Gasteiger partial charge in [-0.15, -0.1) is 0 Å². The number of nitrogens with zero attached hydrogens (tertiary/aromatic N) is 1. The van der Waals surface area contributed by atoms with Crippen LogP contribution in [0.25, 0.3) is 17.0 Å². The van der Waals surface area contributed by atoms with E-state index in [1.807, 2.05) is 31.2 Å². The van der Waals surface area contributed by atoms with Gasteiger partial charge in [-0.05, 0) is 37.3 Å². The summed E-state index contributed by atoms with van der Waals surface area (Å²) < 4.78 is 16.5. The largest absolute Gasteiger partial charge is 0.462 e. The van der Waals surface area contributed by atoms with Crippen LogP contribution in [0.2, 0.25) is 0 Å². The summed E-state index contributed by atoms with van der Waals surface area (Å²) in [5.74, 6) is 0.823. The van der Waals surface area contributed by atoms with Crippen molar-refractivity contribution in [3.05, 3.63) is 59.8 Å². The van der Waals surface area contributed by atoms with Crippen LogP contribution in [-0.2, 0) is 9.53 Å². The number of rotatable bonds is 4. The number of hydrogen-bond donors (Lipinski definition) is 1. The molecule has 0 aliphatic carbocycles. The number of para-hydroxylation sites is 1. The number of amides is 2. The first-order valence-electron chi connectivity index (χ1n) is 9.06. The quantitative estimate of drug-likeness (QED) is 0.701. The van der Waals surface area contributed by atoms with E-state index >= 15 is 0 Å². The van der Waals surface area contributed by atoms with Gasteiger partial charge in [-0.25, -0.2) is 0 Å². The number of carbonyl (C=O) groups excluding carboxylic acids is 2. The molecule has 3 heterocycles. The molecule has 144 valence electrons. The van der Waals surface area contributed by atoms with E-state index in [0.29, 0.717) is 48.7 Å². The molecule has 7 nitrogen and oxygen atoms in total. The number of aryl methyl sites for hydroxylation is 1. The first-order chi connectivity index (χ1) is 13.6. The predicted octanol–water partition coefficient (Wildman–Crippen LogP) is 3.46. The maximum absolute atomic E-state index is 12.9. The van der Waals surface area contributed by atoms with Gasteiger partial charge in [-0.2, -0.15) is 0 Å². The predicted molar refractivity (Wildman–Crippen MR) is 104 cm³/mol. The summed E-state index contributed by atoms with van der Waals surface area (Å²) in [7, 11) is 0. The van der Waals surface area contributed by atoms with Gasteiger partial charge in [-0.1, -0.05) is 12.1 Å². The summed E-state index contributed by atoms with van der Waals surface area (Å²) in [5, 5.41) is 3.47. The van der Waals surface area contributed by atoms with E-state index in [9.17, 15) is 9.59 Å². The van der Waals surface area contributed by atoms with Crippen LogP contribution in [0, 0.1) is 6.92 Å². The third kappa shape index (κ3) is 3.70. The molecule has 0 bridgehead atoms. The van der Waals surface area contributed by atoms with Gasteiger partial charge in [0.25, 0.3) is 5.91 Å². The smallest absolute Gasteiger partial charge is 0.291 e. The number of morpholine rings is 1. The van der Waals surface area contributed by atoms with E-state index in [1.54, 1.807) is 23.1 Å². The van der Waals surface area contributed by atoms with Gasteiger partial charge < -0.3 is 23.8 Å². The second kappa shape index (κ2) is 7.74. The summed E-state index contributed by atoms with van der Waals surface area (Å²) >= 11 is 0. The number of fused-ring (bicyclic) bond motifs is 1. The number of nitrogens with one attached hydrogen (secondary N) is 1. The highest BCUT2D eigenvalue weighted by Crippen LogP contribution is 2.32. The van der Waals surface area contributed by atoms with Crippen LogP contribution >= 0.6 is 0 Å². The van der Waals surface area contributed by atoms with Gasteiger partial charge in [0.05, 0.1) is 13.2 Å². The molecule has 0 radical (unpaired) electrons. The molecule has 1 N–H and O–H groups in total. The SMILES string of the molecule is Cc1ccc(/C=C/C(=O)Nc2c(C(=O)N3CCOCC3)oc3ccccc23)o1. The summed E-state index contributed by atoms with van der Waals surface area (Å²) in [6, 6.07) is 10.8. The van der Waals surface area contributed by atoms with E-state index in [1.165, 1.54) is 6.08 Å². The van der Waals surface area contributed by atoms with Gasteiger partial charge in [-0.3, -0.25) is 9.59 Å². The van der Waals surface area contributed by atoms with Crippen molar-refractivity contribution in [2.45, 2.75) is 6.92 Å². The summed E-state index contributed by atoms with van der Waals surface area (Å²) in [5.41, 5.74) is 0.914. The number of anilines is 1. The van der Waals surface area contributed by atoms with Crippen molar-refractivity contribution in [2.75, 3.05) is 31.6 Å². The molecule has 7 heteroatoms. The van der Waals surface area contributed by atoms with Crippen LogP contribution in [0.15, 0.2) is 51.3 Å². The highest BCUT2D eigenvalue weighted by atomic mass is 16.5. The van der Waals surface area contributed by atoms with Gasteiger partial charge >= 0.3 is 0 Å². The number of hydrogen-bond acceptors (Lipinski definition) is 5. The van der Waals surface area contributed by atoms with Crippen LogP contribution < -0.4 is 5.32 Å². The normalized spacial score (nSPS) is 14.7. The minimum absolute atomic E-state index is 0.124. The Hall–Kier alpha value is -3.32. The third-order valence-electron chi connectivity index (χ3n) is 4.50. The summed E-state index contributed by atoms with van der Waals surface area (Å²) in [6.45, 7) is 3.78. The second-order valence-electron chi connectivity index (χ2n) is 6.48. The first kappa shape index (κ1) is 18.1. The minimum atomic E-state index is -0.378. The highest BCUT2D eigenvalue weighted by molar-refractivity contribution is 6.13. The van der Waals surface area contributed by atoms with E-state index in [0.717, 1.165) is 5.76 Å². The van der Waals surface area contributed by atoms with Crippen LogP contribution in [0.5, 0.6) is 0 Å². The summed E-state index contributed by atoms with van der Waals surface area (Å²) in [4.78, 5) is 27.1. The minimum Gasteiger partial charge on any atom is -0.462 e. The molecule has 1 saturated heterocycles. The molecule has 3 aromatic rings. The lowest BCUT2D eigenvalue weighted by Crippen LogP contribution is -2.40. The monoisotopic (exact) mass is 380 g/mol. The third-order valence-corrected chi connectivity index (χ3v) is 4.50. The lowest BCUT2D eigenvalue weighted by Gasteiger charge is -2.26. The zero-order chi connectivity index (χ0) is 19.5. The second-order valence-corrected chi connectivity index (χ2v) is 6.48. The molecule has 0 atom stereocenters. The fourth-order valence-corrected chi connectivity index (χ4v) is 3.10. The van der Waals surface area contributed by atoms with E-state index < -0.39 is 0 Å². The Labute approximate surface area is 161 Å². The maximum atomic E-state index is 12.9. The first-order valence-corrected chi connectivity index (χ1v) is 9.06. The van der Waals surface area contributed by atoms with E-state index in [2.05, 4.69) is 5.32 Å². The van der Waals surface area contributed by atoms with Crippen molar-refractivity contribution in [3.8, 4) is 0 Å². The number of benzene rings is 1. The van der Waals surface area contributed by atoms with Gasteiger partial charge in [0, 0.05) is 24.6 Å². The van der Waals surface area contributed by atoms with Crippen molar-refractivity contribution in [2.24, 2.45) is 0 Å². The topological polar surface area (TPSA) is 84.9 Å². The van der Waals surface area contributed by atoms with Crippen LogP contribution in [-0.4, -0.2) is 43.0 Å². The van der Waals surface area contributed by atoms with E-state index in [-0.39, 0.29) is 17.6 Å². The standard InChI is InChI=1S/C21H20N2O5/c1-14-6-7-15(27-14)8-9-18(24)22-19-16-4-2-3-5-17(16)28-20(19)21(25)23-10-12-26-13-11-23/h2-9H,10-13H2,1H3,(H,22,24)/b9-8+. The molecular formula is C21H20N2O5. The molecule has 2 aromatic heterocycles. The van der Waals surface area contributed by atoms with Gasteiger partial charge in [0.15, 0.2) is 0 Å². The molecule has 4 rings (SSSR count). The average Bonchev–Trinajstić information content (AvgIpc) is 3.30. The molecule has 1 fully saturated rings. The zero-order valence-corrected chi connectivity index (χ0v) is 15.4. The summed E-state index contributed by atoms with van der Waals surface area (Å²) in [6.07, 6.45) is 2.94. The Kier molecular flexibility index (Phi) is 4.99. The molecule has 1 aliphatic heterocycles. The molecule has 1 aliphatic rings. The Balaban J connectivity index is 1.62. The lowest BCUT2D eigenvalue weighted by atomic mass is 10.2. The van der Waals surface area contributed by atoms with Crippen LogP contribution in [0.1, 0.15) is 22.1 Å². The average molecular weight is 380 g/mol. The number of furan rings is 2. The number of ether oxygens (including phenoxy) is 1. The fourth-order valence-electron chi connectivity index (χ4n) is 3.10. The van der Waals surface area contributed by atoms with Crippen molar-refractivity contribution < 1.29 is 23.2 Å². The Morgan fingerprint density at radius 2 is 1.86 bits per heavy atom. The molecule has 0 spiro atoms. The van der Waals surface area contributed by atoms with Gasteiger partial charge in [0.2, 0.25) is 11.7 Å². The van der Waals surface area contributed by atoms with Crippen molar-refractivity contribution in [1.82, 2.24) is 4.90 Å². The van der Waals surface area contributed by atoms with E-state index in [4.69, 9.17) is 13.6 Å². The fraction of sp³-hybridized carbons (Fsp3) is 0.238. The van der Waals surface area contributed by atoms with Crippen LogP contribution in [0.3, 0.4) is 0 Å². The Bertz CT molecular complexity index is 1040. The number of carbonyl (C=O) groups is 2. The van der Waals surface area contributed by atoms with Gasteiger partial charge in [0.1, 0.15) is 22.8 Å². The zero-order valence-electron chi connectivity index (χ0n) is 15.4. The van der Waals surface area contributed by atoms with Crippen LogP contribution in [0.4, 0.5) is 5.69 Å². The highest BCUT2D eigenvalue weighted by Gasteiger charge is 2.27. The molecule has 0 unspecified atom stereocenters. The molecular weight excluding hydrogens is 360 g/mol. The Morgan fingerprint density at radius 1 is 1.07 bits per heavy atom. The molecule has 28 heavy (non-hydrogen) atoms. The van der Waals surface area contributed by atoms with Crippen molar-refractivity contribution in [1.29, 1.82) is 0 Å². The van der Waals surface area contributed by atoms with Crippen molar-refractivity contribution in [3.63, 3.8) is 0 Å². The molecule has 1 aromatic carbocycles. The maximum Gasteiger partial charge on any atom is 0.291 e.